The lowest BCUT2D eigenvalue weighted by Gasteiger charge is -1.99. The van der Waals surface area contributed by atoms with Gasteiger partial charge >= 0.3 is 6.16 Å². The molecule has 82 valence electrons. The van der Waals surface area contributed by atoms with Crippen LogP contribution in [0.1, 0.15) is 0 Å². The summed E-state index contributed by atoms with van der Waals surface area (Å²) in [5.74, 6) is 0.125. The molecule has 0 aliphatic carbocycles. The molecule has 0 unspecified atom stereocenters. The van der Waals surface area contributed by atoms with Gasteiger partial charge in [-0.3, -0.25) is 0 Å². The lowest BCUT2D eigenvalue weighted by molar-refractivity contribution is 0.143. The minimum atomic E-state index is -1.45. The summed E-state index contributed by atoms with van der Waals surface area (Å²) in [6.45, 7) is 0. The third-order valence-electron chi connectivity index (χ3n) is 1.81. The van der Waals surface area contributed by atoms with E-state index in [9.17, 15) is 4.79 Å². The highest BCUT2D eigenvalue weighted by Gasteiger charge is 2.15. The molecule has 0 amide bonds. The molecule has 0 saturated carbocycles. The Morgan fingerprint density at radius 3 is 3.00 bits per heavy atom. The van der Waals surface area contributed by atoms with E-state index in [4.69, 9.17) is 21.1 Å². The Morgan fingerprint density at radius 2 is 2.31 bits per heavy atom. The van der Waals surface area contributed by atoms with Crippen molar-refractivity contribution in [1.29, 1.82) is 0 Å². The Hall–Kier alpha value is -2.01. The summed E-state index contributed by atoms with van der Waals surface area (Å²) >= 11 is 5.80. The standard InChI is InChI=1S/C10H6ClNO4/c11-7-3-1-2-6(4-7)8-9(12-5-15-8)16-10(13)14/h1-5H,(H,13,14). The number of carboxylic acid groups (broad SMARTS) is 1. The first kappa shape index (κ1) is 10.5. The number of ether oxygens (including phenoxy) is 1. The SMILES string of the molecule is O=C(O)Oc1ncoc1-c1cccc(Cl)c1. The van der Waals surface area contributed by atoms with Gasteiger partial charge in [0.1, 0.15) is 0 Å². The van der Waals surface area contributed by atoms with Gasteiger partial charge in [0.2, 0.25) is 0 Å². The summed E-state index contributed by atoms with van der Waals surface area (Å²) in [4.78, 5) is 14.0. The van der Waals surface area contributed by atoms with E-state index in [1.807, 2.05) is 0 Å². The van der Waals surface area contributed by atoms with Crippen molar-refractivity contribution < 1.29 is 19.1 Å². The van der Waals surface area contributed by atoms with Crippen LogP contribution in [0.4, 0.5) is 4.79 Å². The van der Waals surface area contributed by atoms with E-state index in [-0.39, 0.29) is 11.6 Å². The lowest BCUT2D eigenvalue weighted by atomic mass is 10.2. The summed E-state index contributed by atoms with van der Waals surface area (Å²) < 4.78 is 9.50. The molecule has 0 spiro atoms. The average Bonchev–Trinajstić information content (AvgIpc) is 2.65. The summed E-state index contributed by atoms with van der Waals surface area (Å²) in [6.07, 6.45) is -0.341. The number of oxazole rings is 1. The van der Waals surface area contributed by atoms with Crippen LogP contribution in [-0.2, 0) is 0 Å². The summed E-state index contributed by atoms with van der Waals surface area (Å²) in [5.41, 5.74) is 0.598. The Kier molecular flexibility index (Phi) is 2.78. The molecule has 0 radical (unpaired) electrons. The highest BCUT2D eigenvalue weighted by atomic mass is 35.5. The first-order chi connectivity index (χ1) is 7.66. The molecule has 1 aromatic carbocycles. The van der Waals surface area contributed by atoms with Crippen molar-refractivity contribution in [2.24, 2.45) is 0 Å². The van der Waals surface area contributed by atoms with E-state index in [0.29, 0.717) is 10.6 Å². The zero-order valence-electron chi connectivity index (χ0n) is 7.88. The predicted octanol–water partition coefficient (Wildman–Crippen LogP) is 3.05. The smallest absolute Gasteiger partial charge is 0.449 e. The van der Waals surface area contributed by atoms with E-state index in [2.05, 4.69) is 9.72 Å². The normalized spacial score (nSPS) is 10.1. The molecule has 1 heterocycles. The van der Waals surface area contributed by atoms with Gasteiger partial charge in [-0.05, 0) is 12.1 Å². The van der Waals surface area contributed by atoms with Gasteiger partial charge in [0.15, 0.2) is 12.2 Å². The fourth-order valence-electron chi connectivity index (χ4n) is 1.21. The van der Waals surface area contributed by atoms with Gasteiger partial charge in [0, 0.05) is 10.6 Å². The molecule has 1 N–H and O–H groups in total. The van der Waals surface area contributed by atoms with Gasteiger partial charge in [-0.15, -0.1) is 0 Å². The van der Waals surface area contributed by atoms with Crippen LogP contribution >= 0.6 is 11.6 Å². The molecule has 0 saturated heterocycles. The van der Waals surface area contributed by atoms with Crippen molar-refractivity contribution >= 4 is 17.8 Å². The molecule has 5 nitrogen and oxygen atoms in total. The minimum Gasteiger partial charge on any atom is -0.449 e. The monoisotopic (exact) mass is 239 g/mol. The minimum absolute atomic E-state index is 0.102. The van der Waals surface area contributed by atoms with Crippen LogP contribution in [0.15, 0.2) is 35.1 Å². The second kappa shape index (κ2) is 4.24. The fraction of sp³-hybridized carbons (Fsp3) is 0. The third kappa shape index (κ3) is 2.14. The number of aromatic nitrogens is 1. The maximum atomic E-state index is 10.4. The average molecular weight is 240 g/mol. The Balaban J connectivity index is 2.40. The Bertz CT molecular complexity index is 523. The van der Waals surface area contributed by atoms with Crippen LogP contribution in [0, 0.1) is 0 Å². The van der Waals surface area contributed by atoms with E-state index >= 15 is 0 Å². The summed E-state index contributed by atoms with van der Waals surface area (Å²) in [6, 6.07) is 6.74. The number of halogens is 1. The van der Waals surface area contributed by atoms with Gasteiger partial charge in [-0.25, -0.2) is 4.79 Å². The number of rotatable bonds is 2. The lowest BCUT2D eigenvalue weighted by Crippen LogP contribution is -2.03. The van der Waals surface area contributed by atoms with Crippen molar-refractivity contribution in [1.82, 2.24) is 4.98 Å². The van der Waals surface area contributed by atoms with E-state index in [0.717, 1.165) is 6.39 Å². The summed E-state index contributed by atoms with van der Waals surface area (Å²) in [7, 11) is 0. The zero-order valence-corrected chi connectivity index (χ0v) is 8.64. The van der Waals surface area contributed by atoms with Gasteiger partial charge < -0.3 is 14.3 Å². The number of nitrogens with zero attached hydrogens (tertiary/aromatic N) is 1. The van der Waals surface area contributed by atoms with Crippen LogP contribution in [0.2, 0.25) is 5.02 Å². The van der Waals surface area contributed by atoms with Gasteiger partial charge in [0.25, 0.3) is 5.88 Å². The maximum Gasteiger partial charge on any atom is 0.512 e. The second-order valence-corrected chi connectivity index (χ2v) is 3.30. The molecule has 0 fully saturated rings. The van der Waals surface area contributed by atoms with Crippen molar-refractivity contribution in [2.45, 2.75) is 0 Å². The molecular formula is C10H6ClNO4. The molecule has 0 bridgehead atoms. The highest BCUT2D eigenvalue weighted by Crippen LogP contribution is 2.30. The largest absolute Gasteiger partial charge is 0.512 e. The van der Waals surface area contributed by atoms with Crippen molar-refractivity contribution in [3.8, 4) is 17.2 Å². The van der Waals surface area contributed by atoms with Gasteiger partial charge in [-0.1, -0.05) is 23.7 Å². The number of hydrogen-bond donors (Lipinski definition) is 1. The Morgan fingerprint density at radius 1 is 1.50 bits per heavy atom. The quantitative estimate of drug-likeness (QED) is 0.816. The molecule has 2 aromatic rings. The van der Waals surface area contributed by atoms with E-state index in [1.54, 1.807) is 24.3 Å². The molecular weight excluding hydrogens is 234 g/mol. The van der Waals surface area contributed by atoms with Gasteiger partial charge in [0.05, 0.1) is 0 Å². The van der Waals surface area contributed by atoms with E-state index in [1.165, 1.54) is 0 Å². The molecule has 0 atom stereocenters. The van der Waals surface area contributed by atoms with Crippen molar-refractivity contribution in [3.63, 3.8) is 0 Å². The molecule has 16 heavy (non-hydrogen) atoms. The molecule has 0 aliphatic heterocycles. The molecule has 0 aliphatic rings. The molecule has 6 heteroatoms. The van der Waals surface area contributed by atoms with Gasteiger partial charge in [-0.2, -0.15) is 4.98 Å². The maximum absolute atomic E-state index is 10.4. The zero-order chi connectivity index (χ0) is 11.5. The summed E-state index contributed by atoms with van der Waals surface area (Å²) in [5, 5.41) is 8.99. The predicted molar refractivity (Wildman–Crippen MR) is 55.6 cm³/mol. The fourth-order valence-corrected chi connectivity index (χ4v) is 1.40. The number of hydrogen-bond acceptors (Lipinski definition) is 4. The number of benzene rings is 1. The Labute approximate surface area is 95.2 Å². The second-order valence-electron chi connectivity index (χ2n) is 2.86. The highest BCUT2D eigenvalue weighted by molar-refractivity contribution is 6.30. The molecule has 1 aromatic heterocycles. The van der Waals surface area contributed by atoms with Crippen LogP contribution in [0.3, 0.4) is 0 Å². The topological polar surface area (TPSA) is 72.6 Å². The number of carbonyl (C=O) groups is 1. The van der Waals surface area contributed by atoms with Crippen LogP contribution < -0.4 is 4.74 Å². The molecule has 2 rings (SSSR count). The van der Waals surface area contributed by atoms with Crippen molar-refractivity contribution in [3.05, 3.63) is 35.7 Å². The third-order valence-corrected chi connectivity index (χ3v) is 2.04. The van der Waals surface area contributed by atoms with Crippen LogP contribution in [0.25, 0.3) is 11.3 Å². The van der Waals surface area contributed by atoms with Crippen molar-refractivity contribution in [2.75, 3.05) is 0 Å². The first-order valence-electron chi connectivity index (χ1n) is 4.27. The van der Waals surface area contributed by atoms with Crippen LogP contribution in [0.5, 0.6) is 5.88 Å². The van der Waals surface area contributed by atoms with Crippen LogP contribution in [-0.4, -0.2) is 16.2 Å². The first-order valence-corrected chi connectivity index (χ1v) is 4.65. The van der Waals surface area contributed by atoms with E-state index < -0.39 is 6.16 Å².